The van der Waals surface area contributed by atoms with Gasteiger partial charge >= 0.3 is 0 Å². The molecular weight excluding hydrogens is 224 g/mol. The van der Waals surface area contributed by atoms with Crippen LogP contribution in [0.2, 0.25) is 0 Å². The Labute approximate surface area is 118 Å². The third-order valence-corrected chi connectivity index (χ3v) is 2.91. The monoisotopic (exact) mass is 262 g/mol. The molecule has 0 unspecified atom stereocenters. The Bertz CT molecular complexity index is 67.5. The van der Waals surface area contributed by atoms with Crippen molar-refractivity contribution < 1.29 is 0 Å². The maximum atomic E-state index is 2.26. The van der Waals surface area contributed by atoms with E-state index in [1.165, 1.54) is 77.0 Å². The first-order valence-corrected chi connectivity index (χ1v) is 7.83. The summed E-state index contributed by atoms with van der Waals surface area (Å²) < 4.78 is 0. The Morgan fingerprint density at radius 3 is 0.647 bits per heavy atom. The van der Waals surface area contributed by atoms with Gasteiger partial charge in [-0.1, -0.05) is 105 Å². The molecule has 0 saturated carbocycles. The van der Waals surface area contributed by atoms with E-state index in [2.05, 4.69) is 27.7 Å². The van der Waals surface area contributed by atoms with Crippen molar-refractivity contribution in [3.8, 4) is 0 Å². The maximum absolute atomic E-state index is 2.26. The molecule has 0 amide bonds. The summed E-state index contributed by atoms with van der Waals surface area (Å²) in [7, 11) is 0. The third-order valence-electron chi connectivity index (χ3n) is 2.91. The van der Waals surface area contributed by atoms with Gasteiger partial charge in [0.05, 0.1) is 0 Å². The first-order chi connectivity index (χ1) is 7.83. The highest BCUT2D eigenvalue weighted by atomic mass is 32.1. The van der Waals surface area contributed by atoms with Gasteiger partial charge in [-0.05, 0) is 0 Å². The van der Waals surface area contributed by atoms with E-state index in [1.807, 2.05) is 0 Å². The van der Waals surface area contributed by atoms with Crippen LogP contribution in [0.3, 0.4) is 0 Å². The third kappa shape index (κ3) is 31.4. The highest BCUT2D eigenvalue weighted by molar-refractivity contribution is 7.59. The summed E-state index contributed by atoms with van der Waals surface area (Å²) in [6.07, 6.45) is 17.0. The fourth-order valence-electron chi connectivity index (χ4n) is 1.71. The zero-order valence-corrected chi connectivity index (χ0v) is 14.0. The molecule has 0 rings (SSSR count). The number of unbranched alkanes of at least 4 members (excludes halogenated alkanes) is 10. The quantitative estimate of drug-likeness (QED) is 0.378. The average molecular weight is 263 g/mol. The summed E-state index contributed by atoms with van der Waals surface area (Å²) in [5.41, 5.74) is 0. The number of hydrogen-bond acceptors (Lipinski definition) is 0. The van der Waals surface area contributed by atoms with Gasteiger partial charge in [0.25, 0.3) is 0 Å². The summed E-state index contributed by atoms with van der Waals surface area (Å²) >= 11 is 0. The van der Waals surface area contributed by atoms with Crippen molar-refractivity contribution in [2.45, 2.75) is 105 Å². The van der Waals surface area contributed by atoms with E-state index in [-0.39, 0.29) is 13.5 Å². The van der Waals surface area contributed by atoms with Gasteiger partial charge in [-0.3, -0.25) is 0 Å². The summed E-state index contributed by atoms with van der Waals surface area (Å²) in [6, 6.07) is 0. The molecule has 0 aromatic rings. The standard InChI is InChI=1S/2C8H18.H2S/c2*1-3-5-7-8-6-4-2;/h2*3-8H2,1-2H3;1H2. The molecule has 0 radical (unpaired) electrons. The number of rotatable bonds is 10. The lowest BCUT2D eigenvalue weighted by atomic mass is 10.1. The minimum atomic E-state index is 0. The van der Waals surface area contributed by atoms with E-state index in [4.69, 9.17) is 0 Å². The van der Waals surface area contributed by atoms with Crippen LogP contribution >= 0.6 is 13.5 Å². The highest BCUT2D eigenvalue weighted by Crippen LogP contribution is 2.03. The van der Waals surface area contributed by atoms with Crippen LogP contribution in [0.25, 0.3) is 0 Å². The molecule has 17 heavy (non-hydrogen) atoms. The average Bonchev–Trinajstić information content (AvgIpc) is 2.31. The predicted octanol–water partition coefficient (Wildman–Crippen LogP) is 6.85. The molecule has 0 N–H and O–H groups in total. The topological polar surface area (TPSA) is 0 Å². The van der Waals surface area contributed by atoms with Crippen molar-refractivity contribution in [3.63, 3.8) is 0 Å². The Morgan fingerprint density at radius 2 is 0.529 bits per heavy atom. The van der Waals surface area contributed by atoms with Gasteiger partial charge in [-0.15, -0.1) is 0 Å². The molecule has 0 fully saturated rings. The molecule has 0 aromatic heterocycles. The molecule has 0 aromatic carbocycles. The van der Waals surface area contributed by atoms with Crippen LogP contribution < -0.4 is 0 Å². The summed E-state index contributed by atoms with van der Waals surface area (Å²) in [5.74, 6) is 0. The molecule has 0 heterocycles. The van der Waals surface area contributed by atoms with E-state index >= 15 is 0 Å². The van der Waals surface area contributed by atoms with Gasteiger partial charge < -0.3 is 0 Å². The lowest BCUT2D eigenvalue weighted by Gasteiger charge is -1.93. The maximum Gasteiger partial charge on any atom is -0.0533 e. The lowest BCUT2D eigenvalue weighted by Crippen LogP contribution is -1.73. The van der Waals surface area contributed by atoms with E-state index in [0.29, 0.717) is 0 Å². The van der Waals surface area contributed by atoms with E-state index in [1.54, 1.807) is 0 Å². The van der Waals surface area contributed by atoms with E-state index < -0.39 is 0 Å². The molecule has 0 aliphatic heterocycles. The Balaban J connectivity index is -0.000000218. The number of hydrogen-bond donors (Lipinski definition) is 0. The molecule has 1 heteroatoms. The molecule has 0 nitrogen and oxygen atoms in total. The van der Waals surface area contributed by atoms with Crippen molar-refractivity contribution >= 4 is 13.5 Å². The molecule has 0 spiro atoms. The van der Waals surface area contributed by atoms with Crippen LogP contribution in [-0.4, -0.2) is 0 Å². The van der Waals surface area contributed by atoms with Crippen molar-refractivity contribution in [1.82, 2.24) is 0 Å². The van der Waals surface area contributed by atoms with Gasteiger partial charge in [0.2, 0.25) is 0 Å². The van der Waals surface area contributed by atoms with Crippen LogP contribution in [0, 0.1) is 0 Å². The Kier molecular flexibility index (Phi) is 33.5. The van der Waals surface area contributed by atoms with Gasteiger partial charge in [0.15, 0.2) is 0 Å². The first-order valence-electron chi connectivity index (χ1n) is 7.83. The molecule has 0 bridgehead atoms. The molecule has 0 saturated heterocycles. The SMILES string of the molecule is CCCCCCCC.CCCCCCCC.S. The minimum Gasteiger partial charge on any atom is -0.197 e. The second-order valence-corrected chi connectivity index (χ2v) is 4.83. The van der Waals surface area contributed by atoms with Crippen molar-refractivity contribution in [2.75, 3.05) is 0 Å². The molecule has 0 aliphatic rings. The van der Waals surface area contributed by atoms with Crippen LogP contribution in [0.15, 0.2) is 0 Å². The summed E-state index contributed by atoms with van der Waals surface area (Å²) in [4.78, 5) is 0. The zero-order valence-electron chi connectivity index (χ0n) is 13.0. The van der Waals surface area contributed by atoms with E-state index in [9.17, 15) is 0 Å². The molecule has 0 aliphatic carbocycles. The summed E-state index contributed by atoms with van der Waals surface area (Å²) in [5, 5.41) is 0. The largest absolute Gasteiger partial charge is 0.197 e. The molecule has 0 atom stereocenters. The van der Waals surface area contributed by atoms with Crippen molar-refractivity contribution in [3.05, 3.63) is 0 Å². The van der Waals surface area contributed by atoms with Gasteiger partial charge in [-0.2, -0.15) is 13.5 Å². The van der Waals surface area contributed by atoms with Crippen molar-refractivity contribution in [2.24, 2.45) is 0 Å². The Hall–Kier alpha value is 0.350. The summed E-state index contributed by atoms with van der Waals surface area (Å²) in [6.45, 7) is 9.02. The normalized spacial score (nSPS) is 9.18. The minimum absolute atomic E-state index is 0. The Morgan fingerprint density at radius 1 is 0.353 bits per heavy atom. The predicted molar refractivity (Wildman–Crippen MR) is 88.5 cm³/mol. The van der Waals surface area contributed by atoms with Crippen LogP contribution in [0.4, 0.5) is 0 Å². The second-order valence-electron chi connectivity index (χ2n) is 4.83. The van der Waals surface area contributed by atoms with Crippen molar-refractivity contribution in [1.29, 1.82) is 0 Å². The first kappa shape index (κ1) is 22.5. The van der Waals surface area contributed by atoms with Gasteiger partial charge in [0.1, 0.15) is 0 Å². The smallest absolute Gasteiger partial charge is 0.0533 e. The van der Waals surface area contributed by atoms with Crippen LogP contribution in [0.5, 0.6) is 0 Å². The van der Waals surface area contributed by atoms with Crippen LogP contribution in [-0.2, 0) is 0 Å². The van der Waals surface area contributed by atoms with Crippen LogP contribution in [0.1, 0.15) is 105 Å². The fraction of sp³-hybridized carbons (Fsp3) is 1.00. The second kappa shape index (κ2) is 25.3. The zero-order chi connectivity index (χ0) is 12.5. The molecule has 108 valence electrons. The van der Waals surface area contributed by atoms with E-state index in [0.717, 1.165) is 0 Å². The van der Waals surface area contributed by atoms with Gasteiger partial charge in [-0.25, -0.2) is 0 Å². The highest BCUT2D eigenvalue weighted by Gasteiger charge is 1.84. The van der Waals surface area contributed by atoms with Gasteiger partial charge in [0, 0.05) is 0 Å². The lowest BCUT2D eigenvalue weighted by molar-refractivity contribution is 0.624. The fourth-order valence-corrected chi connectivity index (χ4v) is 1.71. The molecular formula is C16H38S.